The molecule has 0 unspecified atom stereocenters. The molecule has 5 nitrogen and oxygen atoms in total. The van der Waals surface area contributed by atoms with E-state index in [1.807, 2.05) is 12.1 Å². The fourth-order valence-corrected chi connectivity index (χ4v) is 4.09. The van der Waals surface area contributed by atoms with E-state index in [-0.39, 0.29) is 17.4 Å². The van der Waals surface area contributed by atoms with Gasteiger partial charge in [0.05, 0.1) is 22.9 Å². The standard InChI is InChI=1S/C22H22FN3O2S/c23-20-5-2-1-4-19(20)22(28)26-11-3-10-25(12-13-26)21(27)16-29-15-18-8-6-17(14-24)7-9-18/h1-2,4-9H,3,10-13,15-16H2. The minimum absolute atomic E-state index is 0.0452. The maximum atomic E-state index is 13.9. The van der Waals surface area contributed by atoms with Crippen molar-refractivity contribution >= 4 is 23.6 Å². The van der Waals surface area contributed by atoms with Crippen molar-refractivity contribution in [2.75, 3.05) is 31.9 Å². The van der Waals surface area contributed by atoms with Gasteiger partial charge in [-0.25, -0.2) is 4.39 Å². The number of amides is 2. The molecule has 0 bridgehead atoms. The molecule has 1 aliphatic rings. The lowest BCUT2D eigenvalue weighted by atomic mass is 10.2. The Balaban J connectivity index is 1.48. The summed E-state index contributed by atoms with van der Waals surface area (Å²) in [4.78, 5) is 28.5. The van der Waals surface area contributed by atoms with Crippen molar-refractivity contribution in [2.45, 2.75) is 12.2 Å². The lowest BCUT2D eigenvalue weighted by Gasteiger charge is -2.22. The van der Waals surface area contributed by atoms with Crippen LogP contribution in [0.25, 0.3) is 0 Å². The molecule has 3 rings (SSSR count). The van der Waals surface area contributed by atoms with Gasteiger partial charge in [-0.05, 0) is 36.2 Å². The number of halogens is 1. The fraction of sp³-hybridized carbons (Fsp3) is 0.318. The van der Waals surface area contributed by atoms with E-state index in [0.717, 1.165) is 5.56 Å². The molecule has 0 aromatic heterocycles. The van der Waals surface area contributed by atoms with Crippen molar-refractivity contribution in [3.8, 4) is 6.07 Å². The van der Waals surface area contributed by atoms with Gasteiger partial charge in [-0.1, -0.05) is 24.3 Å². The van der Waals surface area contributed by atoms with Crippen LogP contribution in [0.3, 0.4) is 0 Å². The van der Waals surface area contributed by atoms with Gasteiger partial charge in [0.2, 0.25) is 5.91 Å². The largest absolute Gasteiger partial charge is 0.340 e. The molecule has 150 valence electrons. The third-order valence-corrected chi connectivity index (χ3v) is 5.81. The molecule has 1 heterocycles. The quantitative estimate of drug-likeness (QED) is 0.757. The molecule has 0 aliphatic carbocycles. The van der Waals surface area contributed by atoms with Crippen LogP contribution in [-0.4, -0.2) is 53.5 Å². The summed E-state index contributed by atoms with van der Waals surface area (Å²) >= 11 is 1.53. The number of benzene rings is 2. The summed E-state index contributed by atoms with van der Waals surface area (Å²) in [7, 11) is 0. The van der Waals surface area contributed by atoms with Gasteiger partial charge in [-0.15, -0.1) is 11.8 Å². The molecular weight excluding hydrogens is 389 g/mol. The van der Waals surface area contributed by atoms with Crippen LogP contribution >= 0.6 is 11.8 Å². The fourth-order valence-electron chi connectivity index (χ4n) is 3.20. The normalized spacial score (nSPS) is 14.2. The third-order valence-electron chi connectivity index (χ3n) is 4.82. The average molecular weight is 412 g/mol. The van der Waals surface area contributed by atoms with E-state index >= 15 is 0 Å². The second-order valence-corrected chi connectivity index (χ2v) is 7.79. The predicted octanol–water partition coefficient (Wildman–Crippen LogP) is 3.31. The Morgan fingerprint density at radius 3 is 2.41 bits per heavy atom. The number of nitriles is 1. The highest BCUT2D eigenvalue weighted by Gasteiger charge is 2.24. The Kier molecular flexibility index (Phi) is 7.25. The monoisotopic (exact) mass is 411 g/mol. The van der Waals surface area contributed by atoms with Gasteiger partial charge in [0, 0.05) is 31.9 Å². The third kappa shape index (κ3) is 5.58. The molecule has 7 heteroatoms. The van der Waals surface area contributed by atoms with Gasteiger partial charge in [-0.2, -0.15) is 5.26 Å². The van der Waals surface area contributed by atoms with Crippen LogP contribution < -0.4 is 0 Å². The summed E-state index contributed by atoms with van der Waals surface area (Å²) in [5.74, 6) is 0.259. The van der Waals surface area contributed by atoms with Crippen molar-refractivity contribution in [2.24, 2.45) is 0 Å². The van der Waals surface area contributed by atoms with Crippen molar-refractivity contribution in [3.05, 3.63) is 71.0 Å². The van der Waals surface area contributed by atoms with Crippen molar-refractivity contribution in [3.63, 3.8) is 0 Å². The highest BCUT2D eigenvalue weighted by molar-refractivity contribution is 7.99. The minimum atomic E-state index is -0.520. The summed E-state index contributed by atoms with van der Waals surface area (Å²) in [6.45, 7) is 1.96. The molecule has 0 spiro atoms. The molecule has 0 saturated carbocycles. The molecule has 0 radical (unpaired) electrons. The maximum Gasteiger partial charge on any atom is 0.256 e. The summed E-state index contributed by atoms with van der Waals surface area (Å²) in [6, 6.07) is 15.4. The molecule has 2 aromatic rings. The van der Waals surface area contributed by atoms with Crippen LogP contribution in [0.2, 0.25) is 0 Å². The van der Waals surface area contributed by atoms with E-state index in [9.17, 15) is 14.0 Å². The van der Waals surface area contributed by atoms with E-state index < -0.39 is 5.82 Å². The van der Waals surface area contributed by atoms with Gasteiger partial charge in [0.25, 0.3) is 5.91 Å². The number of carbonyl (C=O) groups is 2. The second kappa shape index (κ2) is 10.1. The van der Waals surface area contributed by atoms with E-state index in [2.05, 4.69) is 6.07 Å². The Morgan fingerprint density at radius 1 is 1.00 bits per heavy atom. The van der Waals surface area contributed by atoms with Crippen LogP contribution in [0.5, 0.6) is 0 Å². The van der Waals surface area contributed by atoms with E-state index in [1.54, 1.807) is 34.1 Å². The Bertz CT molecular complexity index is 911. The molecule has 2 amide bonds. The van der Waals surface area contributed by atoms with Crippen molar-refractivity contribution in [1.82, 2.24) is 9.80 Å². The molecule has 1 aliphatic heterocycles. The van der Waals surface area contributed by atoms with Gasteiger partial charge < -0.3 is 9.80 Å². The first-order valence-electron chi connectivity index (χ1n) is 9.47. The molecule has 0 N–H and O–H groups in total. The highest BCUT2D eigenvalue weighted by Crippen LogP contribution is 2.16. The average Bonchev–Trinajstić information content (AvgIpc) is 3.00. The number of carbonyl (C=O) groups excluding carboxylic acids is 2. The van der Waals surface area contributed by atoms with Crippen LogP contribution in [-0.2, 0) is 10.5 Å². The van der Waals surface area contributed by atoms with E-state index in [4.69, 9.17) is 5.26 Å². The zero-order valence-corrected chi connectivity index (χ0v) is 16.8. The van der Waals surface area contributed by atoms with E-state index in [1.165, 1.54) is 23.9 Å². The summed E-state index contributed by atoms with van der Waals surface area (Å²) < 4.78 is 13.9. The minimum Gasteiger partial charge on any atom is -0.340 e. The van der Waals surface area contributed by atoms with Gasteiger partial charge >= 0.3 is 0 Å². The second-order valence-electron chi connectivity index (χ2n) is 6.81. The molecule has 29 heavy (non-hydrogen) atoms. The zero-order valence-electron chi connectivity index (χ0n) is 16.0. The number of nitrogens with zero attached hydrogens (tertiary/aromatic N) is 3. The summed E-state index contributed by atoms with van der Waals surface area (Å²) in [5, 5.41) is 8.83. The first-order chi connectivity index (χ1) is 14.1. The molecule has 0 atom stereocenters. The molecular formula is C22H22FN3O2S. The van der Waals surface area contributed by atoms with Gasteiger partial charge in [0.1, 0.15) is 5.82 Å². The highest BCUT2D eigenvalue weighted by atomic mass is 32.2. The predicted molar refractivity (Wildman–Crippen MR) is 111 cm³/mol. The Morgan fingerprint density at radius 2 is 1.69 bits per heavy atom. The Labute approximate surface area is 174 Å². The maximum absolute atomic E-state index is 13.9. The Hall–Kier alpha value is -2.85. The number of thioether (sulfide) groups is 1. The molecule has 2 aromatic carbocycles. The lowest BCUT2D eigenvalue weighted by molar-refractivity contribution is -0.128. The summed E-state index contributed by atoms with van der Waals surface area (Å²) in [5.41, 5.74) is 1.76. The van der Waals surface area contributed by atoms with Crippen LogP contribution in [0, 0.1) is 17.1 Å². The molecule has 1 saturated heterocycles. The topological polar surface area (TPSA) is 64.4 Å². The van der Waals surface area contributed by atoms with Crippen LogP contribution in [0.15, 0.2) is 48.5 Å². The van der Waals surface area contributed by atoms with Gasteiger partial charge in [0.15, 0.2) is 0 Å². The van der Waals surface area contributed by atoms with E-state index in [0.29, 0.717) is 49.7 Å². The van der Waals surface area contributed by atoms with Gasteiger partial charge in [-0.3, -0.25) is 9.59 Å². The zero-order chi connectivity index (χ0) is 20.6. The number of hydrogen-bond acceptors (Lipinski definition) is 4. The number of rotatable bonds is 5. The summed E-state index contributed by atoms with van der Waals surface area (Å²) in [6.07, 6.45) is 0.673. The number of hydrogen-bond donors (Lipinski definition) is 0. The van der Waals surface area contributed by atoms with Crippen molar-refractivity contribution < 1.29 is 14.0 Å². The first-order valence-corrected chi connectivity index (χ1v) is 10.6. The SMILES string of the molecule is N#Cc1ccc(CSCC(=O)N2CCCN(C(=O)c3ccccc3F)CC2)cc1. The molecule has 1 fully saturated rings. The van der Waals surface area contributed by atoms with Crippen LogP contribution in [0.4, 0.5) is 4.39 Å². The lowest BCUT2D eigenvalue weighted by Crippen LogP contribution is -2.38. The van der Waals surface area contributed by atoms with Crippen molar-refractivity contribution in [1.29, 1.82) is 5.26 Å². The first kappa shape index (κ1) is 20.9. The van der Waals surface area contributed by atoms with Crippen LogP contribution in [0.1, 0.15) is 27.9 Å². The smallest absolute Gasteiger partial charge is 0.256 e.